The van der Waals surface area contributed by atoms with Gasteiger partial charge in [-0.15, -0.1) is 0 Å². The van der Waals surface area contributed by atoms with E-state index in [2.05, 4.69) is 10.6 Å². The third-order valence-electron chi connectivity index (χ3n) is 3.31. The summed E-state index contributed by atoms with van der Waals surface area (Å²) in [6.07, 6.45) is 0. The molecule has 0 atom stereocenters. The second-order valence-corrected chi connectivity index (χ2v) is 5.60. The Morgan fingerprint density at radius 1 is 1.00 bits per heavy atom. The summed E-state index contributed by atoms with van der Waals surface area (Å²) in [4.78, 5) is 26.2. The number of nitrogens with zero attached hydrogens (tertiary/aromatic N) is 1. The summed E-state index contributed by atoms with van der Waals surface area (Å²) in [5.74, 6) is -1.12. The molecule has 2 aromatic rings. The van der Waals surface area contributed by atoms with E-state index in [4.69, 9.17) is 0 Å². The van der Waals surface area contributed by atoms with Gasteiger partial charge in [-0.2, -0.15) is 0 Å². The fourth-order valence-corrected chi connectivity index (χ4v) is 2.07. The van der Waals surface area contributed by atoms with Crippen molar-refractivity contribution in [3.05, 3.63) is 65.5 Å². The monoisotopic (exact) mass is 329 g/mol. The minimum atomic E-state index is -0.475. The van der Waals surface area contributed by atoms with E-state index in [9.17, 15) is 14.0 Å². The van der Waals surface area contributed by atoms with Crippen LogP contribution in [0.2, 0.25) is 0 Å². The number of likely N-dealkylation sites (N-methyl/N-ethyl adjacent to an activating group) is 1. The number of nitrogens with one attached hydrogen (secondary N) is 2. The van der Waals surface area contributed by atoms with E-state index < -0.39 is 11.7 Å². The van der Waals surface area contributed by atoms with Gasteiger partial charge < -0.3 is 15.5 Å². The van der Waals surface area contributed by atoms with Crippen LogP contribution in [0.1, 0.15) is 20.7 Å². The van der Waals surface area contributed by atoms with Gasteiger partial charge >= 0.3 is 0 Å². The Hall–Kier alpha value is -2.73. The number of carbonyl (C=O) groups excluding carboxylic acids is 2. The minimum Gasteiger partial charge on any atom is -0.351 e. The van der Waals surface area contributed by atoms with Crippen molar-refractivity contribution in [2.24, 2.45) is 0 Å². The number of rotatable bonds is 6. The Kier molecular flexibility index (Phi) is 6.03. The molecule has 0 aromatic heterocycles. The molecule has 0 radical (unpaired) electrons. The SMILES string of the molecule is CN(C)CCNC(=O)c1cccc(NC(=O)c2cccc(F)c2)c1. The predicted molar refractivity (Wildman–Crippen MR) is 91.7 cm³/mol. The molecule has 0 saturated heterocycles. The van der Waals surface area contributed by atoms with Gasteiger partial charge in [-0.05, 0) is 50.5 Å². The van der Waals surface area contributed by atoms with Gasteiger partial charge in [0.1, 0.15) is 5.82 Å². The summed E-state index contributed by atoms with van der Waals surface area (Å²) in [6, 6.07) is 12.0. The third-order valence-corrected chi connectivity index (χ3v) is 3.31. The van der Waals surface area contributed by atoms with Gasteiger partial charge in [-0.1, -0.05) is 12.1 Å². The Labute approximate surface area is 140 Å². The lowest BCUT2D eigenvalue weighted by molar-refractivity contribution is 0.0949. The van der Waals surface area contributed by atoms with Crippen LogP contribution in [0, 0.1) is 5.82 Å². The van der Waals surface area contributed by atoms with Crippen LogP contribution in [-0.2, 0) is 0 Å². The van der Waals surface area contributed by atoms with Gasteiger partial charge in [0.25, 0.3) is 11.8 Å². The maximum Gasteiger partial charge on any atom is 0.255 e. The van der Waals surface area contributed by atoms with Crippen LogP contribution in [0.15, 0.2) is 48.5 Å². The van der Waals surface area contributed by atoms with Gasteiger partial charge in [0, 0.05) is 29.9 Å². The topological polar surface area (TPSA) is 61.4 Å². The predicted octanol–water partition coefficient (Wildman–Crippen LogP) is 2.37. The first-order chi connectivity index (χ1) is 11.5. The summed E-state index contributed by atoms with van der Waals surface area (Å²) in [6.45, 7) is 1.27. The van der Waals surface area contributed by atoms with Gasteiger partial charge in [-0.3, -0.25) is 9.59 Å². The molecule has 0 aliphatic rings. The Morgan fingerprint density at radius 2 is 1.67 bits per heavy atom. The maximum atomic E-state index is 13.2. The van der Waals surface area contributed by atoms with Gasteiger partial charge in [0.15, 0.2) is 0 Å². The molecular formula is C18H20FN3O2. The van der Waals surface area contributed by atoms with Gasteiger partial charge in [0.05, 0.1) is 0 Å². The van der Waals surface area contributed by atoms with Crippen LogP contribution in [0.25, 0.3) is 0 Å². The fraction of sp³-hybridized carbons (Fsp3) is 0.222. The fourth-order valence-electron chi connectivity index (χ4n) is 2.07. The molecule has 6 heteroatoms. The molecule has 2 rings (SSSR count). The van der Waals surface area contributed by atoms with Gasteiger partial charge in [0.2, 0.25) is 0 Å². The molecule has 0 spiro atoms. The number of amides is 2. The standard InChI is InChI=1S/C18H20FN3O2/c1-22(2)10-9-20-17(23)14-6-4-8-16(12-14)21-18(24)13-5-3-7-15(19)11-13/h3-8,11-12H,9-10H2,1-2H3,(H,20,23)(H,21,24). The van der Waals surface area contributed by atoms with E-state index in [0.29, 0.717) is 17.8 Å². The number of carbonyl (C=O) groups is 2. The Bertz CT molecular complexity index is 732. The van der Waals surface area contributed by atoms with Crippen LogP contribution in [0.3, 0.4) is 0 Å². The summed E-state index contributed by atoms with van der Waals surface area (Å²) in [5, 5.41) is 5.47. The van der Waals surface area contributed by atoms with E-state index >= 15 is 0 Å². The smallest absolute Gasteiger partial charge is 0.255 e. The molecule has 24 heavy (non-hydrogen) atoms. The van der Waals surface area contributed by atoms with Crippen LogP contribution in [-0.4, -0.2) is 43.9 Å². The molecule has 0 heterocycles. The van der Waals surface area contributed by atoms with Crippen LogP contribution in [0.4, 0.5) is 10.1 Å². The van der Waals surface area contributed by atoms with Crippen molar-refractivity contribution < 1.29 is 14.0 Å². The van der Waals surface area contributed by atoms with Crippen molar-refractivity contribution >= 4 is 17.5 Å². The lowest BCUT2D eigenvalue weighted by Crippen LogP contribution is -2.31. The molecule has 2 amide bonds. The highest BCUT2D eigenvalue weighted by molar-refractivity contribution is 6.05. The zero-order chi connectivity index (χ0) is 17.5. The summed E-state index contributed by atoms with van der Waals surface area (Å²) in [5.41, 5.74) is 1.14. The average molecular weight is 329 g/mol. The molecule has 0 saturated carbocycles. The van der Waals surface area contributed by atoms with E-state index in [1.807, 2.05) is 19.0 Å². The Morgan fingerprint density at radius 3 is 2.33 bits per heavy atom. The molecule has 5 nitrogen and oxygen atoms in total. The highest BCUT2D eigenvalue weighted by atomic mass is 19.1. The van der Waals surface area contributed by atoms with Crippen molar-refractivity contribution in [3.63, 3.8) is 0 Å². The number of hydrogen-bond donors (Lipinski definition) is 2. The van der Waals surface area contributed by atoms with Crippen molar-refractivity contribution in [1.29, 1.82) is 0 Å². The highest BCUT2D eigenvalue weighted by Crippen LogP contribution is 2.13. The van der Waals surface area contributed by atoms with Crippen molar-refractivity contribution in [1.82, 2.24) is 10.2 Å². The summed E-state index contributed by atoms with van der Waals surface area (Å²) < 4.78 is 13.2. The lowest BCUT2D eigenvalue weighted by Gasteiger charge is -2.11. The quantitative estimate of drug-likeness (QED) is 0.855. The van der Waals surface area contributed by atoms with E-state index in [0.717, 1.165) is 12.6 Å². The van der Waals surface area contributed by atoms with Crippen LogP contribution < -0.4 is 10.6 Å². The highest BCUT2D eigenvalue weighted by Gasteiger charge is 2.09. The lowest BCUT2D eigenvalue weighted by atomic mass is 10.1. The molecule has 126 valence electrons. The maximum absolute atomic E-state index is 13.2. The van der Waals surface area contributed by atoms with Crippen LogP contribution >= 0.6 is 0 Å². The second-order valence-electron chi connectivity index (χ2n) is 5.60. The molecule has 0 bridgehead atoms. The first-order valence-corrected chi connectivity index (χ1v) is 7.55. The first kappa shape index (κ1) is 17.6. The minimum absolute atomic E-state index is 0.210. The van der Waals surface area contributed by atoms with E-state index in [1.165, 1.54) is 18.2 Å². The molecule has 2 aromatic carbocycles. The molecule has 0 fully saturated rings. The van der Waals surface area contributed by atoms with Gasteiger partial charge in [-0.25, -0.2) is 4.39 Å². The van der Waals surface area contributed by atoms with Crippen molar-refractivity contribution in [3.8, 4) is 0 Å². The summed E-state index contributed by atoms with van der Waals surface area (Å²) >= 11 is 0. The van der Waals surface area contributed by atoms with Crippen molar-refractivity contribution in [2.75, 3.05) is 32.5 Å². The van der Waals surface area contributed by atoms with E-state index in [-0.39, 0.29) is 11.5 Å². The zero-order valence-corrected chi connectivity index (χ0v) is 13.7. The second kappa shape index (κ2) is 8.21. The van der Waals surface area contributed by atoms with Crippen LogP contribution in [0.5, 0.6) is 0 Å². The number of halogens is 1. The number of benzene rings is 2. The van der Waals surface area contributed by atoms with E-state index in [1.54, 1.807) is 24.3 Å². The number of anilines is 1. The third kappa shape index (κ3) is 5.17. The Balaban J connectivity index is 2.02. The normalized spacial score (nSPS) is 10.5. The average Bonchev–Trinajstić information content (AvgIpc) is 2.54. The summed E-state index contributed by atoms with van der Waals surface area (Å²) in [7, 11) is 3.85. The molecule has 0 aliphatic heterocycles. The first-order valence-electron chi connectivity index (χ1n) is 7.55. The largest absolute Gasteiger partial charge is 0.351 e. The number of hydrogen-bond acceptors (Lipinski definition) is 3. The molecular weight excluding hydrogens is 309 g/mol. The molecule has 0 aliphatic carbocycles. The van der Waals surface area contributed by atoms with Crippen molar-refractivity contribution in [2.45, 2.75) is 0 Å². The molecule has 2 N–H and O–H groups in total. The zero-order valence-electron chi connectivity index (χ0n) is 13.7. The molecule has 0 unspecified atom stereocenters.